The fourth-order valence-corrected chi connectivity index (χ4v) is 2.63. The summed E-state index contributed by atoms with van der Waals surface area (Å²) in [4.78, 5) is 23.1. The average Bonchev–Trinajstić information content (AvgIpc) is 3.06. The lowest BCUT2D eigenvalue weighted by Crippen LogP contribution is -2.40. The molecule has 0 spiro atoms. The van der Waals surface area contributed by atoms with Gasteiger partial charge in [0.05, 0.1) is 5.75 Å². The molecule has 3 amide bonds. The zero-order valence-electron chi connectivity index (χ0n) is 15.5. The van der Waals surface area contributed by atoms with Gasteiger partial charge in [-0.25, -0.2) is 4.79 Å². The predicted octanol–water partition coefficient (Wildman–Crippen LogP) is 3.36. The summed E-state index contributed by atoms with van der Waals surface area (Å²) in [6.07, 6.45) is 0.803. The highest BCUT2D eigenvalue weighted by Gasteiger charge is 2.15. The van der Waals surface area contributed by atoms with E-state index in [2.05, 4.69) is 41.6 Å². The van der Waals surface area contributed by atoms with Gasteiger partial charge in [0.25, 0.3) is 5.22 Å². The third-order valence-electron chi connectivity index (χ3n) is 3.52. The number of thioether (sulfide) groups is 1. The predicted molar refractivity (Wildman–Crippen MR) is 101 cm³/mol. The topological polar surface area (TPSA) is 97.1 Å². The quantitative estimate of drug-likeness (QED) is 0.750. The summed E-state index contributed by atoms with van der Waals surface area (Å²) in [7, 11) is 0. The van der Waals surface area contributed by atoms with E-state index < -0.39 is 11.9 Å². The van der Waals surface area contributed by atoms with Crippen LogP contribution < -0.4 is 10.6 Å². The van der Waals surface area contributed by atoms with E-state index >= 15 is 0 Å². The molecule has 0 unspecified atom stereocenters. The van der Waals surface area contributed by atoms with E-state index in [1.807, 2.05) is 31.2 Å². The molecular formula is C18H24N4O3S. The van der Waals surface area contributed by atoms with Crippen molar-refractivity contribution in [2.45, 2.75) is 44.8 Å². The molecule has 0 atom stereocenters. The number of aromatic nitrogens is 2. The van der Waals surface area contributed by atoms with Crippen molar-refractivity contribution in [3.8, 4) is 11.5 Å². The van der Waals surface area contributed by atoms with E-state index in [-0.39, 0.29) is 16.4 Å². The fraction of sp³-hybridized carbons (Fsp3) is 0.444. The van der Waals surface area contributed by atoms with E-state index in [9.17, 15) is 9.59 Å². The summed E-state index contributed by atoms with van der Waals surface area (Å²) < 4.78 is 5.58. The minimum absolute atomic E-state index is 0.0180. The number of carbonyl (C=O) groups excluding carboxylic acids is 2. The normalized spacial score (nSPS) is 11.2. The second-order valence-corrected chi connectivity index (χ2v) is 7.72. The number of benzene rings is 1. The molecule has 0 fully saturated rings. The maximum absolute atomic E-state index is 11.7. The SMILES string of the molecule is CCCNC(=O)NC(=O)CSc1nnc(-c2ccc(C(C)(C)C)cc2)o1. The Kier molecular flexibility index (Phi) is 6.79. The molecule has 140 valence electrons. The van der Waals surface area contributed by atoms with Gasteiger partial charge < -0.3 is 9.73 Å². The molecule has 0 aliphatic rings. The first-order chi connectivity index (χ1) is 12.3. The number of nitrogens with one attached hydrogen (secondary N) is 2. The van der Waals surface area contributed by atoms with Crippen LogP contribution in [0.15, 0.2) is 33.9 Å². The number of carbonyl (C=O) groups is 2. The van der Waals surface area contributed by atoms with Gasteiger partial charge in [-0.1, -0.05) is 51.6 Å². The number of urea groups is 1. The van der Waals surface area contributed by atoms with Crippen molar-refractivity contribution < 1.29 is 14.0 Å². The summed E-state index contributed by atoms with van der Waals surface area (Å²) in [6.45, 7) is 8.90. The van der Waals surface area contributed by atoms with Gasteiger partial charge in [-0.2, -0.15) is 0 Å². The van der Waals surface area contributed by atoms with Gasteiger partial charge in [-0.15, -0.1) is 10.2 Å². The molecule has 2 aromatic rings. The van der Waals surface area contributed by atoms with Crippen molar-refractivity contribution in [3.05, 3.63) is 29.8 Å². The molecule has 2 N–H and O–H groups in total. The zero-order valence-corrected chi connectivity index (χ0v) is 16.3. The lowest BCUT2D eigenvalue weighted by Gasteiger charge is -2.18. The maximum Gasteiger partial charge on any atom is 0.321 e. The molecule has 2 rings (SSSR count). The highest BCUT2D eigenvalue weighted by molar-refractivity contribution is 7.99. The van der Waals surface area contributed by atoms with E-state index in [1.165, 1.54) is 5.56 Å². The van der Waals surface area contributed by atoms with Gasteiger partial charge in [0, 0.05) is 12.1 Å². The van der Waals surface area contributed by atoms with E-state index in [0.29, 0.717) is 12.4 Å². The van der Waals surface area contributed by atoms with Crippen molar-refractivity contribution in [2.75, 3.05) is 12.3 Å². The standard InChI is InChI=1S/C18H24N4O3S/c1-5-10-19-16(24)20-14(23)11-26-17-22-21-15(25-17)12-6-8-13(9-7-12)18(2,3)4/h6-9H,5,10-11H2,1-4H3,(H2,19,20,23,24). The minimum atomic E-state index is -0.498. The summed E-state index contributed by atoms with van der Waals surface area (Å²) in [5.41, 5.74) is 2.11. The lowest BCUT2D eigenvalue weighted by atomic mass is 9.87. The Bertz CT molecular complexity index is 751. The molecular weight excluding hydrogens is 352 g/mol. The van der Waals surface area contributed by atoms with Crippen molar-refractivity contribution >= 4 is 23.7 Å². The third-order valence-corrected chi connectivity index (χ3v) is 4.34. The van der Waals surface area contributed by atoms with Gasteiger partial charge in [0.2, 0.25) is 11.8 Å². The van der Waals surface area contributed by atoms with Gasteiger partial charge in [-0.05, 0) is 29.5 Å². The Labute approximate surface area is 157 Å². The molecule has 0 radical (unpaired) electrons. The number of imide groups is 1. The van der Waals surface area contributed by atoms with Crippen LogP contribution in [-0.4, -0.2) is 34.4 Å². The van der Waals surface area contributed by atoms with Gasteiger partial charge in [-0.3, -0.25) is 10.1 Å². The largest absolute Gasteiger partial charge is 0.411 e. The molecule has 1 aromatic heterocycles. The zero-order chi connectivity index (χ0) is 19.2. The van der Waals surface area contributed by atoms with E-state index in [1.54, 1.807) is 0 Å². The molecule has 1 heterocycles. The number of nitrogens with zero attached hydrogens (tertiary/aromatic N) is 2. The Morgan fingerprint density at radius 3 is 2.46 bits per heavy atom. The molecule has 0 bridgehead atoms. The molecule has 0 saturated heterocycles. The smallest absolute Gasteiger partial charge is 0.321 e. The van der Waals surface area contributed by atoms with E-state index in [4.69, 9.17) is 4.42 Å². The van der Waals surface area contributed by atoms with Crippen LogP contribution in [-0.2, 0) is 10.2 Å². The molecule has 0 aliphatic heterocycles. The number of hydrogen-bond donors (Lipinski definition) is 2. The van der Waals surface area contributed by atoms with Crippen LogP contribution in [0, 0.1) is 0 Å². The van der Waals surface area contributed by atoms with Crippen molar-refractivity contribution in [1.82, 2.24) is 20.8 Å². The van der Waals surface area contributed by atoms with Crippen LogP contribution >= 0.6 is 11.8 Å². The first-order valence-corrected chi connectivity index (χ1v) is 9.43. The average molecular weight is 376 g/mol. The summed E-state index contributed by atoms with van der Waals surface area (Å²) in [5, 5.41) is 13.0. The number of rotatable bonds is 6. The van der Waals surface area contributed by atoms with Crippen LogP contribution in [0.3, 0.4) is 0 Å². The van der Waals surface area contributed by atoms with Gasteiger partial charge in [0.1, 0.15) is 0 Å². The second kappa shape index (κ2) is 8.84. The Balaban J connectivity index is 1.89. The summed E-state index contributed by atoms with van der Waals surface area (Å²) >= 11 is 1.08. The van der Waals surface area contributed by atoms with Crippen LogP contribution in [0.5, 0.6) is 0 Å². The lowest BCUT2D eigenvalue weighted by molar-refractivity contribution is -0.117. The molecule has 26 heavy (non-hydrogen) atoms. The fourth-order valence-electron chi connectivity index (χ4n) is 2.07. The Morgan fingerprint density at radius 1 is 1.15 bits per heavy atom. The first kappa shape index (κ1) is 20.0. The highest BCUT2D eigenvalue weighted by atomic mass is 32.2. The summed E-state index contributed by atoms with van der Waals surface area (Å²) in [6, 6.07) is 7.45. The Morgan fingerprint density at radius 2 is 1.85 bits per heavy atom. The molecule has 1 aromatic carbocycles. The second-order valence-electron chi connectivity index (χ2n) is 6.79. The maximum atomic E-state index is 11.7. The van der Waals surface area contributed by atoms with Crippen LogP contribution in [0.2, 0.25) is 0 Å². The van der Waals surface area contributed by atoms with Crippen LogP contribution in [0.1, 0.15) is 39.7 Å². The van der Waals surface area contributed by atoms with Crippen molar-refractivity contribution in [2.24, 2.45) is 0 Å². The van der Waals surface area contributed by atoms with Crippen LogP contribution in [0.4, 0.5) is 4.79 Å². The number of amides is 3. The summed E-state index contributed by atoms with van der Waals surface area (Å²) in [5.74, 6) is -0.00336. The molecule has 7 nitrogen and oxygen atoms in total. The molecule has 0 aliphatic carbocycles. The van der Waals surface area contributed by atoms with E-state index in [0.717, 1.165) is 23.7 Å². The van der Waals surface area contributed by atoms with Crippen molar-refractivity contribution in [3.63, 3.8) is 0 Å². The molecule has 0 saturated carbocycles. The third kappa shape index (κ3) is 5.87. The Hall–Kier alpha value is -2.35. The molecule has 8 heteroatoms. The first-order valence-electron chi connectivity index (χ1n) is 8.44. The number of hydrogen-bond acceptors (Lipinski definition) is 6. The minimum Gasteiger partial charge on any atom is -0.411 e. The van der Waals surface area contributed by atoms with Crippen molar-refractivity contribution in [1.29, 1.82) is 0 Å². The van der Waals surface area contributed by atoms with Gasteiger partial charge in [0.15, 0.2) is 0 Å². The van der Waals surface area contributed by atoms with Gasteiger partial charge >= 0.3 is 6.03 Å². The van der Waals surface area contributed by atoms with Crippen LogP contribution in [0.25, 0.3) is 11.5 Å². The monoisotopic (exact) mass is 376 g/mol. The highest BCUT2D eigenvalue weighted by Crippen LogP contribution is 2.27.